The maximum atomic E-state index is 12.9. The van der Waals surface area contributed by atoms with Crippen LogP contribution in [0, 0.1) is 0 Å². The number of ketones is 2. The number of hydrogen-bond acceptors (Lipinski definition) is 4. The normalized spacial score (nSPS) is 14.1. The van der Waals surface area contributed by atoms with Gasteiger partial charge in [0.25, 0.3) is 11.8 Å². The number of anilines is 1. The van der Waals surface area contributed by atoms with Crippen molar-refractivity contribution in [3.63, 3.8) is 0 Å². The van der Waals surface area contributed by atoms with Gasteiger partial charge in [0.15, 0.2) is 5.78 Å². The SMILES string of the molecule is CCC(=O)CCC(C(C)=O)N1Cc2cc(NC(=O)c3cccc(C(F)(F)F)c3)ccc2C1=O. The molecule has 1 aliphatic rings. The van der Waals surface area contributed by atoms with Crippen molar-refractivity contribution >= 4 is 29.1 Å². The average molecular weight is 460 g/mol. The number of halogens is 3. The molecule has 33 heavy (non-hydrogen) atoms. The highest BCUT2D eigenvalue weighted by Gasteiger charge is 2.35. The number of rotatable bonds is 8. The Hall–Kier alpha value is -3.49. The number of carbonyl (C=O) groups excluding carboxylic acids is 4. The molecule has 2 amide bonds. The van der Waals surface area contributed by atoms with E-state index in [2.05, 4.69) is 5.32 Å². The lowest BCUT2D eigenvalue weighted by Gasteiger charge is -2.25. The zero-order valence-electron chi connectivity index (χ0n) is 18.2. The highest BCUT2D eigenvalue weighted by atomic mass is 19.4. The molecule has 0 saturated heterocycles. The Morgan fingerprint density at radius 1 is 1.12 bits per heavy atom. The summed E-state index contributed by atoms with van der Waals surface area (Å²) < 4.78 is 38.7. The minimum absolute atomic E-state index is 0.00463. The summed E-state index contributed by atoms with van der Waals surface area (Å²) in [6, 6.07) is 7.90. The average Bonchev–Trinajstić information content (AvgIpc) is 3.08. The topological polar surface area (TPSA) is 83.6 Å². The van der Waals surface area contributed by atoms with Gasteiger partial charge in [-0.2, -0.15) is 13.2 Å². The van der Waals surface area contributed by atoms with E-state index < -0.39 is 23.7 Å². The van der Waals surface area contributed by atoms with E-state index in [1.165, 1.54) is 30.0 Å². The number of carbonyl (C=O) groups is 4. The largest absolute Gasteiger partial charge is 0.416 e. The van der Waals surface area contributed by atoms with Crippen LogP contribution in [0.25, 0.3) is 0 Å². The molecule has 0 spiro atoms. The van der Waals surface area contributed by atoms with Crippen molar-refractivity contribution < 1.29 is 32.3 Å². The Labute approximate surface area is 188 Å². The smallest absolute Gasteiger partial charge is 0.324 e. The van der Waals surface area contributed by atoms with Crippen LogP contribution in [0.2, 0.25) is 0 Å². The molecule has 0 radical (unpaired) electrons. The number of alkyl halides is 3. The Bertz CT molecular complexity index is 1110. The van der Waals surface area contributed by atoms with E-state index in [-0.39, 0.29) is 42.4 Å². The molecule has 3 rings (SSSR count). The number of nitrogens with one attached hydrogen (secondary N) is 1. The first-order valence-electron chi connectivity index (χ1n) is 10.5. The Balaban J connectivity index is 1.76. The fourth-order valence-corrected chi connectivity index (χ4v) is 3.77. The summed E-state index contributed by atoms with van der Waals surface area (Å²) in [7, 11) is 0. The molecule has 6 nitrogen and oxygen atoms in total. The van der Waals surface area contributed by atoms with Gasteiger partial charge in [-0.05, 0) is 55.3 Å². The van der Waals surface area contributed by atoms with Gasteiger partial charge in [-0.3, -0.25) is 19.2 Å². The Kier molecular flexibility index (Phi) is 7.00. The molecular formula is C24H23F3N2O4. The van der Waals surface area contributed by atoms with Crippen LogP contribution < -0.4 is 5.32 Å². The number of benzene rings is 2. The van der Waals surface area contributed by atoms with E-state index >= 15 is 0 Å². The molecule has 0 saturated carbocycles. The summed E-state index contributed by atoms with van der Waals surface area (Å²) in [5.41, 5.74) is 0.184. The predicted octanol–water partition coefficient (Wildman–Crippen LogP) is 4.63. The maximum absolute atomic E-state index is 12.9. The Morgan fingerprint density at radius 2 is 1.85 bits per heavy atom. The highest BCUT2D eigenvalue weighted by molar-refractivity contribution is 6.05. The van der Waals surface area contributed by atoms with Gasteiger partial charge in [0.2, 0.25) is 0 Å². The summed E-state index contributed by atoms with van der Waals surface area (Å²) in [4.78, 5) is 50.5. The quantitative estimate of drug-likeness (QED) is 0.623. The minimum Gasteiger partial charge on any atom is -0.324 e. The number of nitrogens with zero attached hydrogens (tertiary/aromatic N) is 1. The molecule has 0 bridgehead atoms. The van der Waals surface area contributed by atoms with Gasteiger partial charge >= 0.3 is 6.18 Å². The summed E-state index contributed by atoms with van der Waals surface area (Å²) in [6.07, 6.45) is -3.78. The van der Waals surface area contributed by atoms with E-state index in [0.717, 1.165) is 18.2 Å². The van der Waals surface area contributed by atoms with Gasteiger partial charge in [0, 0.05) is 36.2 Å². The van der Waals surface area contributed by atoms with Crippen LogP contribution in [-0.2, 0) is 22.3 Å². The molecule has 174 valence electrons. The summed E-state index contributed by atoms with van der Waals surface area (Å²) >= 11 is 0. The van der Waals surface area contributed by atoms with Crippen molar-refractivity contribution in [1.29, 1.82) is 0 Å². The van der Waals surface area contributed by atoms with E-state index in [9.17, 15) is 32.3 Å². The van der Waals surface area contributed by atoms with Crippen LogP contribution in [0.3, 0.4) is 0 Å². The third kappa shape index (κ3) is 5.47. The molecule has 2 aromatic rings. The first-order chi connectivity index (χ1) is 15.5. The van der Waals surface area contributed by atoms with E-state index in [0.29, 0.717) is 23.2 Å². The molecule has 1 heterocycles. The molecule has 0 aromatic heterocycles. The predicted molar refractivity (Wildman–Crippen MR) is 115 cm³/mol. The summed E-state index contributed by atoms with van der Waals surface area (Å²) in [5, 5.41) is 2.55. The molecule has 1 N–H and O–H groups in total. The van der Waals surface area contributed by atoms with Crippen LogP contribution in [0.1, 0.15) is 65.0 Å². The second-order valence-electron chi connectivity index (χ2n) is 7.90. The highest BCUT2D eigenvalue weighted by Crippen LogP contribution is 2.31. The van der Waals surface area contributed by atoms with Gasteiger partial charge in [-0.1, -0.05) is 13.0 Å². The Morgan fingerprint density at radius 3 is 2.48 bits per heavy atom. The third-order valence-corrected chi connectivity index (χ3v) is 5.58. The van der Waals surface area contributed by atoms with Gasteiger partial charge in [-0.15, -0.1) is 0 Å². The number of Topliss-reactive ketones (excluding diaryl/α,β-unsaturated/α-hetero) is 2. The number of amides is 2. The van der Waals surface area contributed by atoms with Crippen molar-refractivity contribution in [3.8, 4) is 0 Å². The molecule has 1 aliphatic heterocycles. The standard InChI is InChI=1S/C24H23F3N2O4/c1-3-19(31)8-10-21(14(2)30)29-13-16-12-18(7-9-20(16)23(29)33)28-22(32)15-5-4-6-17(11-15)24(25,26)27/h4-7,9,11-12,21H,3,8,10,13H2,1-2H3,(H,28,32). The van der Waals surface area contributed by atoms with Gasteiger partial charge < -0.3 is 10.2 Å². The zero-order chi connectivity index (χ0) is 24.3. The first-order valence-corrected chi connectivity index (χ1v) is 10.5. The number of fused-ring (bicyclic) bond motifs is 1. The van der Waals surface area contributed by atoms with E-state index in [4.69, 9.17) is 0 Å². The molecule has 2 aromatic carbocycles. The van der Waals surface area contributed by atoms with Crippen molar-refractivity contribution in [3.05, 3.63) is 64.7 Å². The lowest BCUT2D eigenvalue weighted by molar-refractivity contribution is -0.137. The lowest BCUT2D eigenvalue weighted by atomic mass is 10.0. The molecular weight excluding hydrogens is 437 g/mol. The van der Waals surface area contributed by atoms with Crippen LogP contribution in [-0.4, -0.2) is 34.3 Å². The van der Waals surface area contributed by atoms with Crippen LogP contribution in [0.15, 0.2) is 42.5 Å². The third-order valence-electron chi connectivity index (χ3n) is 5.58. The van der Waals surface area contributed by atoms with Gasteiger partial charge in [0.05, 0.1) is 11.6 Å². The molecule has 1 atom stereocenters. The molecule has 0 aliphatic carbocycles. The monoisotopic (exact) mass is 460 g/mol. The van der Waals surface area contributed by atoms with Crippen LogP contribution >= 0.6 is 0 Å². The maximum Gasteiger partial charge on any atom is 0.416 e. The van der Waals surface area contributed by atoms with E-state index in [1.54, 1.807) is 13.0 Å². The molecule has 9 heteroatoms. The second kappa shape index (κ2) is 9.56. The van der Waals surface area contributed by atoms with Crippen molar-refractivity contribution in [1.82, 2.24) is 4.90 Å². The number of hydrogen-bond donors (Lipinski definition) is 1. The fourth-order valence-electron chi connectivity index (χ4n) is 3.77. The first kappa shape index (κ1) is 24.2. The lowest BCUT2D eigenvalue weighted by Crippen LogP contribution is -2.40. The summed E-state index contributed by atoms with van der Waals surface area (Å²) in [5.74, 6) is -1.28. The van der Waals surface area contributed by atoms with Crippen molar-refractivity contribution in [2.75, 3.05) is 5.32 Å². The molecule has 0 fully saturated rings. The van der Waals surface area contributed by atoms with Crippen molar-refractivity contribution in [2.45, 2.75) is 51.9 Å². The van der Waals surface area contributed by atoms with Crippen LogP contribution in [0.4, 0.5) is 18.9 Å². The van der Waals surface area contributed by atoms with Gasteiger partial charge in [-0.25, -0.2) is 0 Å². The van der Waals surface area contributed by atoms with Crippen molar-refractivity contribution in [2.24, 2.45) is 0 Å². The van der Waals surface area contributed by atoms with E-state index in [1.807, 2.05) is 0 Å². The zero-order valence-corrected chi connectivity index (χ0v) is 18.2. The minimum atomic E-state index is -4.57. The van der Waals surface area contributed by atoms with Crippen LogP contribution in [0.5, 0.6) is 0 Å². The second-order valence-corrected chi connectivity index (χ2v) is 7.90. The fraction of sp³-hybridized carbons (Fsp3) is 0.333. The van der Waals surface area contributed by atoms with Gasteiger partial charge in [0.1, 0.15) is 5.78 Å². The molecule has 1 unspecified atom stereocenters. The summed E-state index contributed by atoms with van der Waals surface area (Å²) in [6.45, 7) is 3.24.